The number of carboxylic acid groups (broad SMARTS) is 1. The highest BCUT2D eigenvalue weighted by molar-refractivity contribution is 5.97. The van der Waals surface area contributed by atoms with E-state index in [1.54, 1.807) is 24.3 Å². The topological polar surface area (TPSA) is 76.1 Å². The lowest BCUT2D eigenvalue weighted by Gasteiger charge is -2.21. The summed E-state index contributed by atoms with van der Waals surface area (Å²) in [6.45, 7) is 2.86. The number of methoxy groups -OCH3 is 1. The molecule has 1 fully saturated rings. The van der Waals surface area contributed by atoms with Crippen molar-refractivity contribution in [3.63, 3.8) is 0 Å². The third-order valence-corrected chi connectivity index (χ3v) is 3.70. The maximum atomic E-state index is 12.6. The summed E-state index contributed by atoms with van der Waals surface area (Å²) >= 11 is 0. The number of carbonyl (C=O) groups is 2. The van der Waals surface area contributed by atoms with Crippen molar-refractivity contribution in [1.82, 2.24) is 4.90 Å². The van der Waals surface area contributed by atoms with E-state index in [0.717, 1.165) is 6.42 Å². The Morgan fingerprint density at radius 3 is 2.82 bits per heavy atom. The van der Waals surface area contributed by atoms with E-state index in [0.29, 0.717) is 24.3 Å². The third kappa shape index (κ3) is 3.57. The van der Waals surface area contributed by atoms with Gasteiger partial charge in [-0.1, -0.05) is 13.0 Å². The van der Waals surface area contributed by atoms with Gasteiger partial charge in [-0.05, 0) is 24.6 Å². The molecule has 1 aliphatic rings. The lowest BCUT2D eigenvalue weighted by Crippen LogP contribution is -2.40. The molecule has 0 radical (unpaired) electrons. The molecule has 2 unspecified atom stereocenters. The predicted molar refractivity (Wildman–Crippen MR) is 80.1 cm³/mol. The highest BCUT2D eigenvalue weighted by Gasteiger charge is 2.40. The zero-order chi connectivity index (χ0) is 16.1. The van der Waals surface area contributed by atoms with Crippen molar-refractivity contribution < 1.29 is 24.2 Å². The summed E-state index contributed by atoms with van der Waals surface area (Å²) in [7, 11) is 1.52. The van der Waals surface area contributed by atoms with Gasteiger partial charge in [0.2, 0.25) is 0 Å². The Labute approximate surface area is 129 Å². The van der Waals surface area contributed by atoms with Crippen LogP contribution in [0.3, 0.4) is 0 Å². The second-order valence-electron chi connectivity index (χ2n) is 5.28. The highest BCUT2D eigenvalue weighted by atomic mass is 16.5. The number of hydrogen-bond donors (Lipinski definition) is 1. The fraction of sp³-hybridized carbons (Fsp3) is 0.500. The summed E-state index contributed by atoms with van der Waals surface area (Å²) < 4.78 is 10.7. The molecule has 22 heavy (non-hydrogen) atoms. The van der Waals surface area contributed by atoms with Gasteiger partial charge < -0.3 is 19.5 Å². The molecule has 120 valence electrons. The van der Waals surface area contributed by atoms with Gasteiger partial charge in [-0.25, -0.2) is 4.79 Å². The van der Waals surface area contributed by atoms with Crippen molar-refractivity contribution in [2.24, 2.45) is 0 Å². The molecule has 2 rings (SSSR count). The largest absolute Gasteiger partial charge is 0.494 e. The number of benzene rings is 1. The molecule has 1 amide bonds. The summed E-state index contributed by atoms with van der Waals surface area (Å²) in [4.78, 5) is 25.3. The number of rotatable bonds is 6. The zero-order valence-electron chi connectivity index (χ0n) is 12.8. The molecule has 1 N–H and O–H groups in total. The van der Waals surface area contributed by atoms with E-state index in [9.17, 15) is 14.7 Å². The van der Waals surface area contributed by atoms with E-state index < -0.39 is 12.0 Å². The van der Waals surface area contributed by atoms with Gasteiger partial charge in [-0.15, -0.1) is 0 Å². The number of hydrogen-bond acceptors (Lipinski definition) is 4. The number of aliphatic carboxylic acids is 1. The Bertz CT molecular complexity index is 545. The number of nitrogens with zero attached hydrogens (tertiary/aromatic N) is 1. The first-order valence-corrected chi connectivity index (χ1v) is 7.36. The first-order chi connectivity index (χ1) is 10.6. The van der Waals surface area contributed by atoms with Gasteiger partial charge in [0.15, 0.2) is 0 Å². The van der Waals surface area contributed by atoms with Crippen LogP contribution in [0.2, 0.25) is 0 Å². The SMILES string of the molecule is CCCOc1cccc(C(=O)N2CC(OC)CC2C(=O)O)c1. The number of likely N-dealkylation sites (tertiary alicyclic amines) is 1. The minimum Gasteiger partial charge on any atom is -0.494 e. The minimum absolute atomic E-state index is 0.246. The first kappa shape index (κ1) is 16.3. The summed E-state index contributed by atoms with van der Waals surface area (Å²) in [5.74, 6) is -0.706. The van der Waals surface area contributed by atoms with Crippen LogP contribution in [0.1, 0.15) is 30.1 Å². The molecular formula is C16H21NO5. The van der Waals surface area contributed by atoms with Crippen LogP contribution in [0.15, 0.2) is 24.3 Å². The summed E-state index contributed by atoms with van der Waals surface area (Å²) in [6, 6.07) is 5.98. The van der Waals surface area contributed by atoms with Crippen molar-refractivity contribution >= 4 is 11.9 Å². The molecule has 0 saturated carbocycles. The molecule has 1 heterocycles. The van der Waals surface area contributed by atoms with Crippen molar-refractivity contribution in [2.45, 2.75) is 31.9 Å². The third-order valence-electron chi connectivity index (χ3n) is 3.70. The Morgan fingerprint density at radius 1 is 1.41 bits per heavy atom. The first-order valence-electron chi connectivity index (χ1n) is 7.36. The zero-order valence-corrected chi connectivity index (χ0v) is 12.8. The average Bonchev–Trinajstić information content (AvgIpc) is 2.97. The molecule has 0 spiro atoms. The monoisotopic (exact) mass is 307 g/mol. The van der Waals surface area contributed by atoms with Crippen LogP contribution >= 0.6 is 0 Å². The molecule has 1 saturated heterocycles. The van der Waals surface area contributed by atoms with E-state index in [2.05, 4.69) is 0 Å². The number of carboxylic acids is 1. The van der Waals surface area contributed by atoms with Crippen LogP contribution in [0.4, 0.5) is 0 Å². The minimum atomic E-state index is -1.01. The van der Waals surface area contributed by atoms with Crippen molar-refractivity contribution in [2.75, 3.05) is 20.3 Å². The van der Waals surface area contributed by atoms with Crippen LogP contribution in [-0.4, -0.2) is 54.3 Å². The molecule has 1 aromatic carbocycles. The van der Waals surface area contributed by atoms with E-state index >= 15 is 0 Å². The van der Waals surface area contributed by atoms with Crippen molar-refractivity contribution in [3.8, 4) is 5.75 Å². The Balaban J connectivity index is 2.17. The molecular weight excluding hydrogens is 286 g/mol. The fourth-order valence-corrected chi connectivity index (χ4v) is 2.53. The molecule has 1 aromatic rings. The van der Waals surface area contributed by atoms with Gasteiger partial charge in [0.05, 0.1) is 12.7 Å². The van der Waals surface area contributed by atoms with E-state index in [1.165, 1.54) is 12.0 Å². The predicted octanol–water partition coefficient (Wildman–Crippen LogP) is 1.79. The van der Waals surface area contributed by atoms with Crippen LogP contribution in [0, 0.1) is 0 Å². The Morgan fingerprint density at radius 2 is 2.18 bits per heavy atom. The molecule has 0 aliphatic carbocycles. The molecule has 0 aromatic heterocycles. The molecule has 1 aliphatic heterocycles. The average molecular weight is 307 g/mol. The summed E-state index contributed by atoms with van der Waals surface area (Å²) in [6.07, 6.45) is 0.939. The quantitative estimate of drug-likeness (QED) is 0.867. The maximum absolute atomic E-state index is 12.6. The molecule has 6 heteroatoms. The van der Waals surface area contributed by atoms with Crippen LogP contribution in [0.5, 0.6) is 5.75 Å². The maximum Gasteiger partial charge on any atom is 0.326 e. The van der Waals surface area contributed by atoms with E-state index in [1.807, 2.05) is 6.92 Å². The van der Waals surface area contributed by atoms with Crippen LogP contribution in [-0.2, 0) is 9.53 Å². The standard InChI is InChI=1S/C16H21NO5/c1-3-7-22-12-6-4-5-11(8-12)15(18)17-10-13(21-2)9-14(17)16(19)20/h4-6,8,13-14H,3,7,9-10H2,1-2H3,(H,19,20). The van der Waals surface area contributed by atoms with E-state index in [4.69, 9.17) is 9.47 Å². The van der Waals surface area contributed by atoms with Crippen molar-refractivity contribution in [3.05, 3.63) is 29.8 Å². The van der Waals surface area contributed by atoms with Crippen LogP contribution < -0.4 is 4.74 Å². The normalized spacial score (nSPS) is 20.9. The summed E-state index contributed by atoms with van der Waals surface area (Å²) in [5.41, 5.74) is 0.427. The molecule has 6 nitrogen and oxygen atoms in total. The van der Waals surface area contributed by atoms with Gasteiger partial charge in [-0.3, -0.25) is 4.79 Å². The van der Waals surface area contributed by atoms with Gasteiger partial charge >= 0.3 is 5.97 Å². The Kier molecular flexibility index (Phi) is 5.38. The van der Waals surface area contributed by atoms with Crippen LogP contribution in [0.25, 0.3) is 0 Å². The number of amides is 1. The second-order valence-corrected chi connectivity index (χ2v) is 5.28. The molecule has 0 bridgehead atoms. The lowest BCUT2D eigenvalue weighted by atomic mass is 10.1. The lowest BCUT2D eigenvalue weighted by molar-refractivity contribution is -0.141. The highest BCUT2D eigenvalue weighted by Crippen LogP contribution is 2.24. The number of ether oxygens (including phenoxy) is 2. The number of carbonyl (C=O) groups excluding carboxylic acids is 1. The summed E-state index contributed by atoms with van der Waals surface area (Å²) in [5, 5.41) is 9.29. The second kappa shape index (κ2) is 7.26. The van der Waals surface area contributed by atoms with Crippen molar-refractivity contribution in [1.29, 1.82) is 0 Å². The van der Waals surface area contributed by atoms with Gasteiger partial charge in [0.25, 0.3) is 5.91 Å². The Hall–Kier alpha value is -2.08. The van der Waals surface area contributed by atoms with Gasteiger partial charge in [0.1, 0.15) is 11.8 Å². The van der Waals surface area contributed by atoms with E-state index in [-0.39, 0.29) is 18.6 Å². The fourth-order valence-electron chi connectivity index (χ4n) is 2.53. The van der Waals surface area contributed by atoms with Gasteiger partial charge in [-0.2, -0.15) is 0 Å². The van der Waals surface area contributed by atoms with Gasteiger partial charge in [0, 0.05) is 25.6 Å². The molecule has 2 atom stereocenters. The smallest absolute Gasteiger partial charge is 0.326 e.